The van der Waals surface area contributed by atoms with E-state index in [0.29, 0.717) is 18.0 Å². The Morgan fingerprint density at radius 2 is 1.75 bits per heavy atom. The van der Waals surface area contributed by atoms with Crippen LogP contribution in [0.15, 0.2) is 54.6 Å². The number of nitrogens with one attached hydrogen (secondary N) is 2. The smallest absolute Gasteiger partial charge is 0.269 e. The van der Waals surface area contributed by atoms with Crippen LogP contribution in [0.3, 0.4) is 0 Å². The molecule has 0 aliphatic carbocycles. The third-order valence-electron chi connectivity index (χ3n) is 5.20. The molecule has 1 saturated heterocycles. The number of para-hydroxylation sites is 1. The third-order valence-corrected chi connectivity index (χ3v) is 5.20. The van der Waals surface area contributed by atoms with E-state index >= 15 is 0 Å². The van der Waals surface area contributed by atoms with Gasteiger partial charge in [-0.15, -0.1) is 0 Å². The molecule has 2 aromatic carbocycles. The minimum Gasteiger partial charge on any atom is -0.311 e. The lowest BCUT2D eigenvalue weighted by molar-refractivity contribution is -0.126. The van der Waals surface area contributed by atoms with Crippen molar-refractivity contribution in [2.24, 2.45) is 5.92 Å². The number of hydrazine groups is 1. The molecule has 28 heavy (non-hydrogen) atoms. The van der Waals surface area contributed by atoms with Crippen LogP contribution in [0.25, 0.3) is 0 Å². The molecule has 1 aliphatic heterocycles. The Hall–Kier alpha value is -3.15. The van der Waals surface area contributed by atoms with Crippen molar-refractivity contribution in [3.8, 4) is 0 Å². The van der Waals surface area contributed by atoms with E-state index in [1.807, 2.05) is 30.3 Å². The fraction of sp³-hybridized carbons (Fsp3) is 0.318. The molecule has 3 amide bonds. The summed E-state index contributed by atoms with van der Waals surface area (Å²) < 4.78 is 0. The summed E-state index contributed by atoms with van der Waals surface area (Å²) >= 11 is 0. The molecule has 2 unspecified atom stereocenters. The number of hydrogen-bond acceptors (Lipinski definition) is 3. The van der Waals surface area contributed by atoms with Crippen LogP contribution in [0.2, 0.25) is 0 Å². The van der Waals surface area contributed by atoms with Gasteiger partial charge in [-0.3, -0.25) is 25.2 Å². The Morgan fingerprint density at radius 1 is 1.07 bits per heavy atom. The van der Waals surface area contributed by atoms with Crippen LogP contribution < -0.4 is 15.8 Å². The van der Waals surface area contributed by atoms with Gasteiger partial charge in [0.25, 0.3) is 5.91 Å². The SMILES string of the molecule is CCC(C)c1ccccc1N1CC(C(=O)NNC(=O)c2ccccc2)CC1=O. The van der Waals surface area contributed by atoms with Gasteiger partial charge in [-0.1, -0.05) is 50.2 Å². The van der Waals surface area contributed by atoms with Crippen LogP contribution in [0.4, 0.5) is 5.69 Å². The highest BCUT2D eigenvalue weighted by molar-refractivity contribution is 6.01. The lowest BCUT2D eigenvalue weighted by Crippen LogP contribution is -2.45. The predicted octanol–water partition coefficient (Wildman–Crippen LogP) is 3.01. The number of carbonyl (C=O) groups excluding carboxylic acids is 3. The highest BCUT2D eigenvalue weighted by Gasteiger charge is 2.36. The second-order valence-electron chi connectivity index (χ2n) is 7.08. The van der Waals surface area contributed by atoms with Crippen LogP contribution in [0, 0.1) is 5.92 Å². The largest absolute Gasteiger partial charge is 0.311 e. The van der Waals surface area contributed by atoms with Crippen molar-refractivity contribution in [2.45, 2.75) is 32.6 Å². The zero-order chi connectivity index (χ0) is 20.1. The lowest BCUT2D eigenvalue weighted by atomic mass is 9.96. The van der Waals surface area contributed by atoms with Crippen LogP contribution in [-0.4, -0.2) is 24.3 Å². The molecule has 1 fully saturated rings. The molecule has 0 spiro atoms. The third kappa shape index (κ3) is 4.22. The van der Waals surface area contributed by atoms with Crippen LogP contribution in [-0.2, 0) is 9.59 Å². The summed E-state index contributed by atoms with van der Waals surface area (Å²) in [7, 11) is 0. The Bertz CT molecular complexity index is 866. The first kappa shape index (κ1) is 19.6. The van der Waals surface area contributed by atoms with Crippen molar-refractivity contribution in [3.63, 3.8) is 0 Å². The molecule has 0 saturated carbocycles. The Balaban J connectivity index is 1.65. The number of carbonyl (C=O) groups is 3. The van der Waals surface area contributed by atoms with Gasteiger partial charge in [0.05, 0.1) is 5.92 Å². The van der Waals surface area contributed by atoms with Gasteiger partial charge in [-0.2, -0.15) is 0 Å². The van der Waals surface area contributed by atoms with Crippen molar-refractivity contribution < 1.29 is 14.4 Å². The van der Waals surface area contributed by atoms with E-state index in [9.17, 15) is 14.4 Å². The van der Waals surface area contributed by atoms with Gasteiger partial charge in [0.15, 0.2) is 0 Å². The van der Waals surface area contributed by atoms with Crippen molar-refractivity contribution in [1.29, 1.82) is 0 Å². The number of nitrogens with zero attached hydrogens (tertiary/aromatic N) is 1. The molecular weight excluding hydrogens is 354 g/mol. The standard InChI is InChI=1S/C22H25N3O3/c1-3-15(2)18-11-7-8-12-19(18)25-14-17(13-20(25)26)22(28)24-23-21(27)16-9-5-4-6-10-16/h4-12,15,17H,3,13-14H2,1-2H3,(H,23,27)(H,24,28). The van der Waals surface area contributed by atoms with Gasteiger partial charge >= 0.3 is 0 Å². The molecule has 2 aromatic rings. The topological polar surface area (TPSA) is 78.5 Å². The fourth-order valence-electron chi connectivity index (χ4n) is 3.37. The Kier molecular flexibility index (Phi) is 6.09. The average molecular weight is 379 g/mol. The maximum absolute atomic E-state index is 12.6. The molecule has 0 radical (unpaired) electrons. The molecule has 1 aliphatic rings. The minimum atomic E-state index is -0.506. The normalized spacial score (nSPS) is 17.3. The lowest BCUT2D eigenvalue weighted by Gasteiger charge is -2.23. The second-order valence-corrected chi connectivity index (χ2v) is 7.08. The zero-order valence-electron chi connectivity index (χ0n) is 16.1. The highest BCUT2D eigenvalue weighted by atomic mass is 16.2. The molecule has 3 rings (SSSR count). The van der Waals surface area contributed by atoms with Crippen molar-refractivity contribution in [1.82, 2.24) is 10.9 Å². The summed E-state index contributed by atoms with van der Waals surface area (Å²) in [6, 6.07) is 16.5. The van der Waals surface area contributed by atoms with Crippen molar-refractivity contribution in [2.75, 3.05) is 11.4 Å². The first-order valence-electron chi connectivity index (χ1n) is 9.55. The molecule has 0 bridgehead atoms. The fourth-order valence-corrected chi connectivity index (χ4v) is 3.37. The van der Waals surface area contributed by atoms with Gasteiger partial charge < -0.3 is 4.90 Å². The van der Waals surface area contributed by atoms with Gasteiger partial charge in [-0.05, 0) is 36.1 Å². The molecule has 6 nitrogen and oxygen atoms in total. The molecule has 2 N–H and O–H groups in total. The monoisotopic (exact) mass is 379 g/mol. The van der Waals surface area contributed by atoms with Crippen molar-refractivity contribution in [3.05, 3.63) is 65.7 Å². The molecular formula is C22H25N3O3. The van der Waals surface area contributed by atoms with Gasteiger partial charge in [-0.25, -0.2) is 0 Å². The summed E-state index contributed by atoms with van der Waals surface area (Å²) in [6.45, 7) is 4.54. The predicted molar refractivity (Wildman–Crippen MR) is 108 cm³/mol. The number of amides is 3. The number of hydrogen-bond donors (Lipinski definition) is 2. The Labute approximate surface area is 164 Å². The molecule has 1 heterocycles. The number of anilines is 1. The highest BCUT2D eigenvalue weighted by Crippen LogP contribution is 2.33. The van der Waals surface area contributed by atoms with Crippen LogP contribution in [0.5, 0.6) is 0 Å². The average Bonchev–Trinajstić information content (AvgIpc) is 3.13. The zero-order valence-corrected chi connectivity index (χ0v) is 16.1. The van der Waals surface area contributed by atoms with E-state index in [0.717, 1.165) is 17.7 Å². The summed E-state index contributed by atoms with van der Waals surface area (Å²) in [5, 5.41) is 0. The van der Waals surface area contributed by atoms with E-state index in [4.69, 9.17) is 0 Å². The number of rotatable bonds is 5. The summed E-state index contributed by atoms with van der Waals surface area (Å²) in [5.74, 6) is -1.01. The summed E-state index contributed by atoms with van der Waals surface area (Å²) in [4.78, 5) is 38.8. The Morgan fingerprint density at radius 3 is 2.46 bits per heavy atom. The number of benzene rings is 2. The van der Waals surface area contributed by atoms with E-state index in [2.05, 4.69) is 24.7 Å². The van der Waals surface area contributed by atoms with Gasteiger partial charge in [0.1, 0.15) is 0 Å². The van der Waals surface area contributed by atoms with Crippen molar-refractivity contribution >= 4 is 23.4 Å². The first-order chi connectivity index (χ1) is 13.5. The van der Waals surface area contributed by atoms with E-state index in [1.165, 1.54) is 0 Å². The van der Waals surface area contributed by atoms with E-state index < -0.39 is 11.8 Å². The molecule has 6 heteroatoms. The summed E-state index contributed by atoms with van der Waals surface area (Å²) in [6.07, 6.45) is 1.09. The second kappa shape index (κ2) is 8.69. The van der Waals surface area contributed by atoms with Crippen LogP contribution >= 0.6 is 0 Å². The summed E-state index contributed by atoms with van der Waals surface area (Å²) in [5.41, 5.74) is 7.29. The van der Waals surface area contributed by atoms with Gasteiger partial charge in [0, 0.05) is 24.2 Å². The van der Waals surface area contributed by atoms with E-state index in [-0.39, 0.29) is 18.2 Å². The minimum absolute atomic E-state index is 0.0784. The molecule has 0 aromatic heterocycles. The maximum Gasteiger partial charge on any atom is 0.269 e. The first-order valence-corrected chi connectivity index (χ1v) is 9.55. The molecule has 146 valence electrons. The maximum atomic E-state index is 12.6. The molecule has 2 atom stereocenters. The van der Waals surface area contributed by atoms with Gasteiger partial charge in [0.2, 0.25) is 11.8 Å². The van der Waals surface area contributed by atoms with Crippen LogP contribution in [0.1, 0.15) is 48.5 Å². The quantitative estimate of drug-likeness (QED) is 0.784. The van der Waals surface area contributed by atoms with E-state index in [1.54, 1.807) is 29.2 Å².